The molecular formula is C17H17ClN4O2. The number of fused-ring (bicyclic) bond motifs is 3. The average Bonchev–Trinajstić information content (AvgIpc) is 3.00. The molecule has 0 amide bonds. The van der Waals surface area contributed by atoms with Crippen molar-refractivity contribution in [2.45, 2.75) is 33.3 Å². The summed E-state index contributed by atoms with van der Waals surface area (Å²) in [6.07, 6.45) is 5.00. The maximum absolute atomic E-state index is 12.9. The second kappa shape index (κ2) is 5.16. The minimum atomic E-state index is -0.312. The molecule has 1 aliphatic carbocycles. The molecule has 1 aliphatic rings. The van der Waals surface area contributed by atoms with Gasteiger partial charge in [0.05, 0.1) is 11.6 Å². The molecule has 7 heteroatoms. The van der Waals surface area contributed by atoms with Crippen LogP contribution in [0.5, 0.6) is 0 Å². The number of rotatable bonds is 2. The van der Waals surface area contributed by atoms with Gasteiger partial charge in [-0.05, 0) is 36.0 Å². The van der Waals surface area contributed by atoms with Crippen LogP contribution in [0, 0.1) is 5.41 Å². The standard InChI is InChI=1S/C17H17ClN4O2/c1-17(2)6-10-5-13-16(24)22(20-9-21(13)14(10)7-17)15-11(8-23)12(18)3-4-19-15/h3-5,9,23H,6-8H2,1-2H3. The Morgan fingerprint density at radius 3 is 2.92 bits per heavy atom. The van der Waals surface area contributed by atoms with E-state index in [1.165, 1.54) is 16.4 Å². The largest absolute Gasteiger partial charge is 0.391 e. The van der Waals surface area contributed by atoms with Gasteiger partial charge in [-0.3, -0.25) is 9.20 Å². The molecule has 0 saturated carbocycles. The summed E-state index contributed by atoms with van der Waals surface area (Å²) in [6, 6.07) is 3.52. The molecule has 0 bridgehead atoms. The Bertz CT molecular complexity index is 1020. The Morgan fingerprint density at radius 1 is 1.38 bits per heavy atom. The van der Waals surface area contributed by atoms with E-state index in [0.717, 1.165) is 18.5 Å². The first-order valence-corrected chi connectivity index (χ1v) is 8.15. The van der Waals surface area contributed by atoms with E-state index < -0.39 is 0 Å². The lowest BCUT2D eigenvalue weighted by Crippen LogP contribution is -2.25. The van der Waals surface area contributed by atoms with E-state index in [1.54, 1.807) is 12.4 Å². The van der Waals surface area contributed by atoms with Crippen LogP contribution in [-0.2, 0) is 19.4 Å². The van der Waals surface area contributed by atoms with Crippen molar-refractivity contribution < 1.29 is 5.11 Å². The third kappa shape index (κ3) is 2.17. The number of aliphatic hydroxyl groups excluding tert-OH is 1. The van der Waals surface area contributed by atoms with Gasteiger partial charge in [-0.1, -0.05) is 25.4 Å². The molecule has 3 heterocycles. The van der Waals surface area contributed by atoms with Gasteiger partial charge in [0.1, 0.15) is 11.8 Å². The minimum Gasteiger partial charge on any atom is -0.391 e. The zero-order valence-corrected chi connectivity index (χ0v) is 14.2. The van der Waals surface area contributed by atoms with Crippen molar-refractivity contribution in [1.82, 2.24) is 19.2 Å². The molecule has 124 valence electrons. The third-order valence-electron chi connectivity index (χ3n) is 4.58. The summed E-state index contributed by atoms with van der Waals surface area (Å²) in [6.45, 7) is 4.13. The normalized spacial score (nSPS) is 15.8. The van der Waals surface area contributed by atoms with Crippen LogP contribution in [-0.4, -0.2) is 24.3 Å². The van der Waals surface area contributed by atoms with Crippen LogP contribution in [0.25, 0.3) is 11.3 Å². The minimum absolute atomic E-state index is 0.208. The Kier molecular flexibility index (Phi) is 3.30. The first-order chi connectivity index (χ1) is 11.4. The monoisotopic (exact) mass is 344 g/mol. The third-order valence-corrected chi connectivity index (χ3v) is 4.93. The highest BCUT2D eigenvalue weighted by molar-refractivity contribution is 6.31. The van der Waals surface area contributed by atoms with Gasteiger partial charge in [-0.15, -0.1) is 0 Å². The van der Waals surface area contributed by atoms with Crippen LogP contribution in [0.1, 0.15) is 30.7 Å². The summed E-state index contributed by atoms with van der Waals surface area (Å²) in [4.78, 5) is 17.1. The second-order valence-corrected chi connectivity index (χ2v) is 7.40. The van der Waals surface area contributed by atoms with Gasteiger partial charge in [-0.2, -0.15) is 9.78 Å². The van der Waals surface area contributed by atoms with Crippen molar-refractivity contribution in [3.05, 3.63) is 56.9 Å². The molecule has 0 radical (unpaired) electrons. The van der Waals surface area contributed by atoms with Crippen molar-refractivity contribution in [2.75, 3.05) is 0 Å². The van der Waals surface area contributed by atoms with E-state index in [9.17, 15) is 9.90 Å². The van der Waals surface area contributed by atoms with Gasteiger partial charge < -0.3 is 5.11 Å². The van der Waals surface area contributed by atoms with Crippen molar-refractivity contribution in [3.8, 4) is 5.82 Å². The number of hydrogen-bond acceptors (Lipinski definition) is 4. The predicted octanol–water partition coefficient (Wildman–Crippen LogP) is 2.15. The molecule has 0 atom stereocenters. The van der Waals surface area contributed by atoms with Gasteiger partial charge in [0.2, 0.25) is 0 Å². The van der Waals surface area contributed by atoms with Crippen molar-refractivity contribution >= 4 is 17.1 Å². The van der Waals surface area contributed by atoms with E-state index in [0.29, 0.717) is 16.1 Å². The van der Waals surface area contributed by atoms with Crippen LogP contribution in [0.3, 0.4) is 0 Å². The van der Waals surface area contributed by atoms with Crippen LogP contribution < -0.4 is 5.56 Å². The average molecular weight is 345 g/mol. The molecule has 0 aliphatic heterocycles. The van der Waals surface area contributed by atoms with E-state index in [1.807, 2.05) is 10.5 Å². The molecular weight excluding hydrogens is 328 g/mol. The Labute approximate surface area is 143 Å². The molecule has 0 fully saturated rings. The molecule has 24 heavy (non-hydrogen) atoms. The zero-order chi connectivity index (χ0) is 17.1. The zero-order valence-electron chi connectivity index (χ0n) is 13.5. The lowest BCUT2D eigenvalue weighted by atomic mass is 9.90. The van der Waals surface area contributed by atoms with E-state index in [-0.39, 0.29) is 23.4 Å². The summed E-state index contributed by atoms with van der Waals surface area (Å²) in [5.74, 6) is 0.263. The van der Waals surface area contributed by atoms with Crippen LogP contribution in [0.2, 0.25) is 5.02 Å². The van der Waals surface area contributed by atoms with E-state index in [4.69, 9.17) is 11.6 Å². The fourth-order valence-electron chi connectivity index (χ4n) is 3.50. The number of aliphatic hydroxyl groups is 1. The molecule has 3 aromatic rings. The lowest BCUT2D eigenvalue weighted by molar-refractivity contribution is 0.280. The summed E-state index contributed by atoms with van der Waals surface area (Å²) in [5.41, 5.74) is 3.23. The van der Waals surface area contributed by atoms with Gasteiger partial charge in [0.25, 0.3) is 5.56 Å². The predicted molar refractivity (Wildman–Crippen MR) is 90.7 cm³/mol. The summed E-state index contributed by atoms with van der Waals surface area (Å²) < 4.78 is 3.07. The smallest absolute Gasteiger partial charge is 0.297 e. The molecule has 3 aromatic heterocycles. The molecule has 0 saturated heterocycles. The van der Waals surface area contributed by atoms with Gasteiger partial charge in [0, 0.05) is 17.5 Å². The van der Waals surface area contributed by atoms with Crippen LogP contribution in [0.4, 0.5) is 0 Å². The number of pyridine rings is 1. The molecule has 1 N–H and O–H groups in total. The highest BCUT2D eigenvalue weighted by atomic mass is 35.5. The van der Waals surface area contributed by atoms with Crippen molar-refractivity contribution in [3.63, 3.8) is 0 Å². The second-order valence-electron chi connectivity index (χ2n) is 6.99. The highest BCUT2D eigenvalue weighted by Gasteiger charge is 2.32. The Hall–Kier alpha value is -2.18. The maximum atomic E-state index is 12.9. The van der Waals surface area contributed by atoms with Crippen molar-refractivity contribution in [2.24, 2.45) is 5.41 Å². The SMILES string of the molecule is CC1(C)Cc2cc3c(=O)n(-c4nccc(Cl)c4CO)ncn3c2C1. The van der Waals surface area contributed by atoms with Gasteiger partial charge in [0.15, 0.2) is 5.82 Å². The van der Waals surface area contributed by atoms with Crippen LogP contribution >= 0.6 is 11.6 Å². The summed E-state index contributed by atoms with van der Waals surface area (Å²) >= 11 is 6.09. The molecule has 6 nitrogen and oxygen atoms in total. The quantitative estimate of drug-likeness (QED) is 0.773. The fourth-order valence-corrected chi connectivity index (χ4v) is 3.70. The van der Waals surface area contributed by atoms with Gasteiger partial charge in [-0.25, -0.2) is 4.98 Å². The van der Waals surface area contributed by atoms with E-state index in [2.05, 4.69) is 23.9 Å². The molecule has 0 spiro atoms. The Morgan fingerprint density at radius 2 is 2.17 bits per heavy atom. The molecule has 0 unspecified atom stereocenters. The lowest BCUT2D eigenvalue weighted by Gasteiger charge is -2.16. The number of hydrogen-bond donors (Lipinski definition) is 1. The highest BCUT2D eigenvalue weighted by Crippen LogP contribution is 2.37. The fraction of sp³-hybridized carbons (Fsp3) is 0.353. The molecule has 0 aromatic carbocycles. The summed E-state index contributed by atoms with van der Waals surface area (Å²) in [7, 11) is 0. The maximum Gasteiger partial charge on any atom is 0.297 e. The van der Waals surface area contributed by atoms with Crippen molar-refractivity contribution in [1.29, 1.82) is 0 Å². The van der Waals surface area contributed by atoms with Gasteiger partial charge >= 0.3 is 0 Å². The number of aromatic nitrogens is 4. The number of halogens is 1. The number of nitrogens with zero attached hydrogens (tertiary/aromatic N) is 4. The first kappa shape index (κ1) is 15.4. The Balaban J connectivity index is 1.94. The van der Waals surface area contributed by atoms with Crippen LogP contribution in [0.15, 0.2) is 29.5 Å². The van der Waals surface area contributed by atoms with E-state index >= 15 is 0 Å². The summed E-state index contributed by atoms with van der Waals surface area (Å²) in [5, 5.41) is 14.2. The first-order valence-electron chi connectivity index (χ1n) is 7.77. The topological polar surface area (TPSA) is 72.4 Å². The molecule has 4 rings (SSSR count).